The normalized spacial score (nSPS) is 10.7. The molecule has 0 amide bonds. The SMILES string of the molecule is COc1ccc(Cl)cc1-c1nnc(SCc2ccccc2Cl)o1. The van der Waals surface area contributed by atoms with Crippen LogP contribution in [0.25, 0.3) is 11.5 Å². The number of hydrogen-bond acceptors (Lipinski definition) is 5. The molecule has 1 aromatic heterocycles. The monoisotopic (exact) mass is 366 g/mol. The first kappa shape index (κ1) is 16.2. The summed E-state index contributed by atoms with van der Waals surface area (Å²) in [5.74, 6) is 1.64. The molecule has 0 atom stereocenters. The van der Waals surface area contributed by atoms with Gasteiger partial charge in [-0.15, -0.1) is 10.2 Å². The molecule has 3 rings (SSSR count). The van der Waals surface area contributed by atoms with Crippen LogP contribution in [-0.2, 0) is 5.75 Å². The second-order valence-electron chi connectivity index (χ2n) is 4.60. The summed E-state index contributed by atoms with van der Waals surface area (Å²) in [6.45, 7) is 0. The van der Waals surface area contributed by atoms with E-state index >= 15 is 0 Å². The standard InChI is InChI=1S/C16H12Cl2N2O2S/c1-21-14-7-6-11(17)8-12(14)15-19-20-16(22-15)23-9-10-4-2-3-5-13(10)18/h2-8H,9H2,1H3. The highest BCUT2D eigenvalue weighted by atomic mass is 35.5. The van der Waals surface area contributed by atoms with Crippen LogP contribution < -0.4 is 4.74 Å². The lowest BCUT2D eigenvalue weighted by atomic mass is 10.2. The minimum Gasteiger partial charge on any atom is -0.496 e. The highest BCUT2D eigenvalue weighted by molar-refractivity contribution is 7.98. The van der Waals surface area contributed by atoms with Crippen LogP contribution in [0.4, 0.5) is 0 Å². The molecule has 4 nitrogen and oxygen atoms in total. The Morgan fingerprint density at radius 1 is 1.13 bits per heavy atom. The Morgan fingerprint density at radius 3 is 2.74 bits per heavy atom. The van der Waals surface area contributed by atoms with Gasteiger partial charge in [-0.3, -0.25) is 0 Å². The van der Waals surface area contributed by atoms with E-state index in [0.29, 0.717) is 33.2 Å². The van der Waals surface area contributed by atoms with Gasteiger partial charge in [0, 0.05) is 15.8 Å². The quantitative estimate of drug-likeness (QED) is 0.570. The van der Waals surface area contributed by atoms with Gasteiger partial charge in [0.2, 0.25) is 0 Å². The minimum absolute atomic E-state index is 0.367. The number of ether oxygens (including phenoxy) is 1. The number of thioether (sulfide) groups is 1. The van der Waals surface area contributed by atoms with Gasteiger partial charge in [-0.05, 0) is 29.8 Å². The predicted molar refractivity (Wildman–Crippen MR) is 92.3 cm³/mol. The number of methoxy groups -OCH3 is 1. The van der Waals surface area contributed by atoms with E-state index in [-0.39, 0.29) is 0 Å². The first-order valence-corrected chi connectivity index (χ1v) is 8.45. The van der Waals surface area contributed by atoms with E-state index in [0.717, 1.165) is 10.6 Å². The highest BCUT2D eigenvalue weighted by Crippen LogP contribution is 2.34. The maximum absolute atomic E-state index is 6.14. The highest BCUT2D eigenvalue weighted by Gasteiger charge is 2.15. The molecule has 23 heavy (non-hydrogen) atoms. The summed E-state index contributed by atoms with van der Waals surface area (Å²) >= 11 is 13.6. The van der Waals surface area contributed by atoms with E-state index in [1.165, 1.54) is 11.8 Å². The smallest absolute Gasteiger partial charge is 0.277 e. The molecule has 0 unspecified atom stereocenters. The van der Waals surface area contributed by atoms with Crippen molar-refractivity contribution in [3.05, 3.63) is 58.1 Å². The molecule has 0 aliphatic carbocycles. The Hall–Kier alpha value is -1.69. The number of rotatable bonds is 5. The van der Waals surface area contributed by atoms with Crippen LogP contribution in [0.5, 0.6) is 5.75 Å². The second kappa shape index (κ2) is 7.25. The zero-order valence-electron chi connectivity index (χ0n) is 12.1. The molecular formula is C16H12Cl2N2O2S. The van der Waals surface area contributed by atoms with Crippen molar-refractivity contribution in [2.24, 2.45) is 0 Å². The fourth-order valence-corrected chi connectivity index (χ4v) is 3.20. The van der Waals surface area contributed by atoms with Crippen molar-refractivity contribution in [3.8, 4) is 17.2 Å². The Bertz CT molecular complexity index is 823. The topological polar surface area (TPSA) is 48.2 Å². The van der Waals surface area contributed by atoms with Crippen LogP contribution in [-0.4, -0.2) is 17.3 Å². The van der Waals surface area contributed by atoms with E-state index in [4.69, 9.17) is 32.4 Å². The van der Waals surface area contributed by atoms with E-state index in [2.05, 4.69) is 10.2 Å². The fraction of sp³-hybridized carbons (Fsp3) is 0.125. The zero-order valence-corrected chi connectivity index (χ0v) is 14.5. The molecule has 1 heterocycles. The first-order valence-electron chi connectivity index (χ1n) is 6.71. The Labute approximate surface area is 147 Å². The summed E-state index contributed by atoms with van der Waals surface area (Å²) in [7, 11) is 1.58. The summed E-state index contributed by atoms with van der Waals surface area (Å²) in [5.41, 5.74) is 1.68. The molecule has 0 spiro atoms. The molecule has 0 saturated heterocycles. The maximum Gasteiger partial charge on any atom is 0.277 e. The molecule has 0 saturated carbocycles. The lowest BCUT2D eigenvalue weighted by Gasteiger charge is -2.04. The zero-order chi connectivity index (χ0) is 16.2. The molecule has 0 fully saturated rings. The third kappa shape index (κ3) is 3.80. The number of halogens is 2. The van der Waals surface area contributed by atoms with E-state index in [1.54, 1.807) is 25.3 Å². The third-order valence-corrected chi connectivity index (χ3v) is 4.58. The average Bonchev–Trinajstić information content (AvgIpc) is 3.03. The van der Waals surface area contributed by atoms with Gasteiger partial charge in [0.25, 0.3) is 11.1 Å². The maximum atomic E-state index is 6.14. The van der Waals surface area contributed by atoms with E-state index in [1.807, 2.05) is 24.3 Å². The summed E-state index contributed by atoms with van der Waals surface area (Å²) in [6.07, 6.45) is 0. The Morgan fingerprint density at radius 2 is 1.96 bits per heavy atom. The summed E-state index contributed by atoms with van der Waals surface area (Å²) in [4.78, 5) is 0. The summed E-state index contributed by atoms with van der Waals surface area (Å²) < 4.78 is 11.0. The van der Waals surface area contributed by atoms with Crippen molar-refractivity contribution in [2.75, 3.05) is 7.11 Å². The van der Waals surface area contributed by atoms with Crippen molar-refractivity contribution >= 4 is 35.0 Å². The lowest BCUT2D eigenvalue weighted by molar-refractivity contribution is 0.411. The van der Waals surface area contributed by atoms with Crippen molar-refractivity contribution < 1.29 is 9.15 Å². The van der Waals surface area contributed by atoms with Crippen LogP contribution in [0, 0.1) is 0 Å². The summed E-state index contributed by atoms with van der Waals surface area (Å²) in [5, 5.41) is 9.86. The molecule has 7 heteroatoms. The van der Waals surface area contributed by atoms with Crippen LogP contribution in [0.3, 0.4) is 0 Å². The van der Waals surface area contributed by atoms with Crippen LogP contribution in [0.2, 0.25) is 10.0 Å². The largest absolute Gasteiger partial charge is 0.496 e. The Kier molecular flexibility index (Phi) is 5.10. The predicted octanol–water partition coefficient (Wildman–Crippen LogP) is 5.34. The van der Waals surface area contributed by atoms with Gasteiger partial charge in [-0.25, -0.2) is 0 Å². The van der Waals surface area contributed by atoms with Gasteiger partial charge in [0.05, 0.1) is 12.7 Å². The van der Waals surface area contributed by atoms with Gasteiger partial charge in [0.15, 0.2) is 0 Å². The molecular weight excluding hydrogens is 355 g/mol. The Balaban J connectivity index is 1.79. The van der Waals surface area contributed by atoms with E-state index < -0.39 is 0 Å². The van der Waals surface area contributed by atoms with Crippen molar-refractivity contribution in [1.82, 2.24) is 10.2 Å². The van der Waals surface area contributed by atoms with Crippen LogP contribution in [0.1, 0.15) is 5.56 Å². The van der Waals surface area contributed by atoms with Crippen molar-refractivity contribution in [3.63, 3.8) is 0 Å². The first-order chi connectivity index (χ1) is 11.2. The van der Waals surface area contributed by atoms with Gasteiger partial charge in [0.1, 0.15) is 5.75 Å². The van der Waals surface area contributed by atoms with Gasteiger partial charge < -0.3 is 9.15 Å². The minimum atomic E-state index is 0.367. The van der Waals surface area contributed by atoms with E-state index in [9.17, 15) is 0 Å². The molecule has 0 N–H and O–H groups in total. The third-order valence-electron chi connectivity index (χ3n) is 3.11. The molecule has 0 aliphatic heterocycles. The average molecular weight is 367 g/mol. The number of benzene rings is 2. The van der Waals surface area contributed by atoms with Crippen molar-refractivity contribution in [1.29, 1.82) is 0 Å². The van der Waals surface area contributed by atoms with Crippen molar-refractivity contribution in [2.45, 2.75) is 11.0 Å². The van der Waals surface area contributed by atoms with Crippen LogP contribution in [0.15, 0.2) is 52.1 Å². The molecule has 2 aromatic carbocycles. The van der Waals surface area contributed by atoms with Gasteiger partial charge in [-0.1, -0.05) is 53.2 Å². The van der Waals surface area contributed by atoms with Crippen LogP contribution >= 0.6 is 35.0 Å². The molecule has 0 aliphatic rings. The number of nitrogens with zero attached hydrogens (tertiary/aromatic N) is 2. The molecule has 0 radical (unpaired) electrons. The number of hydrogen-bond donors (Lipinski definition) is 0. The van der Waals surface area contributed by atoms with Gasteiger partial charge in [-0.2, -0.15) is 0 Å². The summed E-state index contributed by atoms with van der Waals surface area (Å²) in [6, 6.07) is 12.9. The number of aromatic nitrogens is 2. The lowest BCUT2D eigenvalue weighted by Crippen LogP contribution is -1.87. The van der Waals surface area contributed by atoms with Gasteiger partial charge >= 0.3 is 0 Å². The molecule has 118 valence electrons. The second-order valence-corrected chi connectivity index (χ2v) is 6.37. The molecule has 0 bridgehead atoms. The molecule has 3 aromatic rings. The fourth-order valence-electron chi connectivity index (χ4n) is 1.98.